The Hall–Kier alpha value is 0.920. The quantitative estimate of drug-likeness (QED) is 0.190. The van der Waals surface area contributed by atoms with Crippen LogP contribution in [-0.2, 0) is 9.13 Å². The Kier molecular flexibility index (Phi) is 12.9. The molecule has 0 fully saturated rings. The van der Waals surface area contributed by atoms with E-state index in [1.54, 1.807) is 0 Å². The van der Waals surface area contributed by atoms with Crippen molar-refractivity contribution in [2.75, 3.05) is 37.7 Å². The lowest BCUT2D eigenvalue weighted by Crippen LogP contribution is -2.23. The molecule has 0 bridgehead atoms. The summed E-state index contributed by atoms with van der Waals surface area (Å²) in [6.45, 7) is -4.75. The van der Waals surface area contributed by atoms with Crippen molar-refractivity contribution in [2.24, 2.45) is 0 Å². The fourth-order valence-electron chi connectivity index (χ4n) is 1.35. The molecule has 21 heavy (non-hydrogen) atoms. The minimum absolute atomic E-state index is 0.437. The molecule has 0 radical (unpaired) electrons. The number of hydrogen-bond donors (Lipinski definition) is 6. The van der Waals surface area contributed by atoms with Gasteiger partial charge in [-0.15, -0.1) is 0 Å². The predicted molar refractivity (Wildman–Crippen MR) is 88.6 cm³/mol. The van der Waals surface area contributed by atoms with Gasteiger partial charge in [-0.05, 0) is 68.2 Å². The normalized spacial score (nSPS) is 12.8. The van der Waals surface area contributed by atoms with Crippen molar-refractivity contribution in [1.29, 1.82) is 0 Å². The van der Waals surface area contributed by atoms with Gasteiger partial charge in [0.25, 0.3) is 0 Å². The highest BCUT2D eigenvalue weighted by Gasteiger charge is 2.12. The average molecular weight is 382 g/mol. The topological polar surface area (TPSA) is 139 Å². The molecule has 12 heteroatoms. The first-order valence-corrected chi connectivity index (χ1v) is 12.9. The molecule has 0 aromatic heterocycles. The van der Waals surface area contributed by atoms with Gasteiger partial charge in [-0.3, -0.25) is 0 Å². The Bertz CT molecular complexity index is 319. The van der Waals surface area contributed by atoms with Crippen molar-refractivity contribution < 1.29 is 28.7 Å². The van der Waals surface area contributed by atoms with E-state index < -0.39 is 13.6 Å². The molecule has 0 aliphatic rings. The number of rotatable bonds is 14. The molecule has 0 atom stereocenters. The van der Waals surface area contributed by atoms with Gasteiger partial charge in [-0.25, -0.2) is 9.13 Å². The van der Waals surface area contributed by atoms with Gasteiger partial charge in [-0.1, -0.05) is 0 Å². The summed E-state index contributed by atoms with van der Waals surface area (Å²) in [5.41, 5.74) is 0. The molecule has 0 heterocycles. The zero-order chi connectivity index (χ0) is 16.2. The van der Waals surface area contributed by atoms with Gasteiger partial charge in [0.2, 0.25) is 0 Å². The van der Waals surface area contributed by atoms with E-state index in [4.69, 9.17) is 19.6 Å². The van der Waals surface area contributed by atoms with Crippen molar-refractivity contribution in [3.05, 3.63) is 0 Å². The SMILES string of the molecule is O=P(O)(O)SCCCNCCCNCCCSP(=O)(O)O. The van der Waals surface area contributed by atoms with Crippen LogP contribution in [0.1, 0.15) is 19.3 Å². The van der Waals surface area contributed by atoms with Gasteiger partial charge in [0.1, 0.15) is 0 Å². The lowest BCUT2D eigenvalue weighted by atomic mass is 10.4. The monoisotopic (exact) mass is 382 g/mol. The second kappa shape index (κ2) is 12.4. The third-order valence-electron chi connectivity index (χ3n) is 2.22. The van der Waals surface area contributed by atoms with Crippen LogP contribution in [0.25, 0.3) is 0 Å². The first-order chi connectivity index (χ1) is 9.71. The van der Waals surface area contributed by atoms with Gasteiger partial charge in [0.05, 0.1) is 0 Å². The molecular weight excluding hydrogens is 358 g/mol. The minimum atomic E-state index is -3.93. The van der Waals surface area contributed by atoms with Crippen molar-refractivity contribution in [3.63, 3.8) is 0 Å². The summed E-state index contributed by atoms with van der Waals surface area (Å²) in [4.78, 5) is 34.5. The van der Waals surface area contributed by atoms with Crippen molar-refractivity contribution in [2.45, 2.75) is 19.3 Å². The highest BCUT2D eigenvalue weighted by atomic mass is 32.7. The second-order valence-electron chi connectivity index (χ2n) is 4.21. The molecule has 0 rings (SSSR count). The van der Waals surface area contributed by atoms with Gasteiger partial charge in [0, 0.05) is 11.5 Å². The molecule has 0 aliphatic heterocycles. The molecule has 0 aromatic rings. The lowest BCUT2D eigenvalue weighted by Gasteiger charge is -2.07. The van der Waals surface area contributed by atoms with Crippen LogP contribution in [0.5, 0.6) is 0 Å². The summed E-state index contributed by atoms with van der Waals surface area (Å²) in [5.74, 6) is 0.875. The fraction of sp³-hybridized carbons (Fsp3) is 1.00. The molecule has 0 unspecified atom stereocenters. The van der Waals surface area contributed by atoms with E-state index in [2.05, 4.69) is 10.6 Å². The Labute approximate surface area is 133 Å². The Balaban J connectivity index is 3.13. The van der Waals surface area contributed by atoms with Crippen molar-refractivity contribution in [1.82, 2.24) is 10.6 Å². The van der Waals surface area contributed by atoms with Gasteiger partial charge in [-0.2, -0.15) is 0 Å². The van der Waals surface area contributed by atoms with Gasteiger partial charge < -0.3 is 30.2 Å². The van der Waals surface area contributed by atoms with Crippen LogP contribution in [0.4, 0.5) is 0 Å². The van der Waals surface area contributed by atoms with E-state index in [9.17, 15) is 9.13 Å². The highest BCUT2D eigenvalue weighted by Crippen LogP contribution is 2.50. The average Bonchev–Trinajstić information content (AvgIpc) is 2.32. The lowest BCUT2D eigenvalue weighted by molar-refractivity contribution is 0.394. The molecule has 8 nitrogen and oxygen atoms in total. The van der Waals surface area contributed by atoms with Crippen molar-refractivity contribution >= 4 is 36.4 Å². The predicted octanol–water partition coefficient (Wildman–Crippen LogP) is 0.988. The second-order valence-corrected chi connectivity index (χ2v) is 11.9. The fourth-order valence-corrected chi connectivity index (χ4v) is 4.57. The van der Waals surface area contributed by atoms with E-state index >= 15 is 0 Å². The van der Waals surface area contributed by atoms with Crippen LogP contribution < -0.4 is 10.6 Å². The van der Waals surface area contributed by atoms with E-state index in [-0.39, 0.29) is 0 Å². The van der Waals surface area contributed by atoms with Crippen LogP contribution in [0.3, 0.4) is 0 Å². The number of nitrogens with one attached hydrogen (secondary N) is 2. The molecule has 0 aromatic carbocycles. The summed E-state index contributed by atoms with van der Waals surface area (Å²) < 4.78 is 21.1. The zero-order valence-electron chi connectivity index (χ0n) is 11.7. The molecule has 0 spiro atoms. The molecular formula is C9H24N2O6P2S2. The maximum absolute atomic E-state index is 10.6. The third kappa shape index (κ3) is 20.9. The maximum atomic E-state index is 10.6. The molecule has 0 saturated heterocycles. The summed E-state index contributed by atoms with van der Waals surface area (Å²) >= 11 is 1.34. The Morgan fingerprint density at radius 3 is 1.33 bits per heavy atom. The van der Waals surface area contributed by atoms with E-state index in [1.807, 2.05) is 0 Å². The third-order valence-corrected chi connectivity index (χ3v) is 6.95. The number of hydrogen-bond acceptors (Lipinski definition) is 6. The summed E-state index contributed by atoms with van der Waals surface area (Å²) in [6, 6.07) is 0. The van der Waals surface area contributed by atoms with Crippen LogP contribution in [0.15, 0.2) is 0 Å². The molecule has 128 valence electrons. The summed E-state index contributed by atoms with van der Waals surface area (Å²) in [5, 5.41) is 6.36. The molecule has 0 aliphatic carbocycles. The first kappa shape index (κ1) is 21.9. The van der Waals surface area contributed by atoms with E-state index in [1.165, 1.54) is 0 Å². The van der Waals surface area contributed by atoms with Crippen LogP contribution in [0, 0.1) is 0 Å². The molecule has 0 amide bonds. The Morgan fingerprint density at radius 2 is 1.00 bits per heavy atom. The van der Waals surface area contributed by atoms with E-state index in [0.717, 1.165) is 32.6 Å². The summed E-state index contributed by atoms with van der Waals surface area (Å²) in [7, 11) is 0. The first-order valence-electron chi connectivity index (χ1n) is 6.52. The zero-order valence-corrected chi connectivity index (χ0v) is 15.1. The van der Waals surface area contributed by atoms with Gasteiger partial charge in [0.15, 0.2) is 0 Å². The molecule has 6 N–H and O–H groups in total. The standard InChI is InChI=1S/C9H24N2O6P2S2/c12-18(13,14)20-8-2-6-10-4-1-5-11-7-3-9-21-19(15,16)17/h10-11H,1-9H2,(H2,12,13,14)(H2,15,16,17). The Morgan fingerprint density at radius 1 is 0.667 bits per heavy atom. The highest BCUT2D eigenvalue weighted by molar-refractivity contribution is 8.54. The van der Waals surface area contributed by atoms with Crippen molar-refractivity contribution in [3.8, 4) is 0 Å². The minimum Gasteiger partial charge on any atom is -0.317 e. The largest absolute Gasteiger partial charge is 0.383 e. The van der Waals surface area contributed by atoms with E-state index in [0.29, 0.717) is 47.1 Å². The smallest absolute Gasteiger partial charge is 0.317 e. The summed E-state index contributed by atoms with van der Waals surface area (Å²) in [6.07, 6.45) is 2.35. The van der Waals surface area contributed by atoms with Crippen LogP contribution >= 0.6 is 36.4 Å². The van der Waals surface area contributed by atoms with Crippen LogP contribution in [0.2, 0.25) is 0 Å². The molecule has 0 saturated carbocycles. The maximum Gasteiger partial charge on any atom is 0.383 e. The van der Waals surface area contributed by atoms with Crippen LogP contribution in [-0.4, -0.2) is 57.3 Å². The van der Waals surface area contributed by atoms with Gasteiger partial charge >= 0.3 is 13.6 Å².